The molecule has 0 N–H and O–H groups in total. The molecule has 0 heterocycles. The lowest BCUT2D eigenvalue weighted by Crippen LogP contribution is -2.41. The molecule has 0 bridgehead atoms. The van der Waals surface area contributed by atoms with E-state index in [0.29, 0.717) is 5.56 Å². The summed E-state index contributed by atoms with van der Waals surface area (Å²) in [4.78, 5) is 26.0. The third-order valence-corrected chi connectivity index (χ3v) is 7.34. The summed E-state index contributed by atoms with van der Waals surface area (Å²) in [6, 6.07) is 13.8. The van der Waals surface area contributed by atoms with Gasteiger partial charge in [-0.3, -0.25) is 9.59 Å². The summed E-state index contributed by atoms with van der Waals surface area (Å²) in [7, 11) is -0.696. The predicted octanol–water partition coefficient (Wildman–Crippen LogP) is 3.05. The molecule has 2 aromatic carbocycles. The molecule has 7 heteroatoms. The molecule has 0 fully saturated rings. The third kappa shape index (κ3) is 4.41. The lowest BCUT2D eigenvalue weighted by Gasteiger charge is -2.34. The molecule has 1 atom stereocenters. The molecular formula is C22H26N2O4S. The second kappa shape index (κ2) is 8.47. The van der Waals surface area contributed by atoms with Crippen molar-refractivity contribution in [3.05, 3.63) is 65.2 Å². The van der Waals surface area contributed by atoms with E-state index < -0.39 is 10.0 Å². The molecule has 1 aliphatic carbocycles. The molecule has 0 radical (unpaired) electrons. The average Bonchev–Trinajstić information content (AvgIpc) is 2.72. The van der Waals surface area contributed by atoms with E-state index in [4.69, 9.17) is 0 Å². The molecule has 0 saturated heterocycles. The fraction of sp³-hybridized carbons (Fsp3) is 0.364. The van der Waals surface area contributed by atoms with Crippen molar-refractivity contribution < 1.29 is 18.0 Å². The molecule has 29 heavy (non-hydrogen) atoms. The van der Waals surface area contributed by atoms with Gasteiger partial charge in [0.15, 0.2) is 5.78 Å². The normalized spacial score (nSPS) is 16.3. The largest absolute Gasteiger partial charge is 0.338 e. The van der Waals surface area contributed by atoms with Gasteiger partial charge in [0.05, 0.1) is 17.5 Å². The van der Waals surface area contributed by atoms with Gasteiger partial charge >= 0.3 is 0 Å². The van der Waals surface area contributed by atoms with Crippen LogP contribution in [0, 0.1) is 0 Å². The number of fused-ring (bicyclic) bond motifs is 1. The fourth-order valence-corrected chi connectivity index (χ4v) is 4.85. The van der Waals surface area contributed by atoms with Crippen LogP contribution in [0.15, 0.2) is 53.4 Å². The van der Waals surface area contributed by atoms with Gasteiger partial charge in [0.1, 0.15) is 0 Å². The van der Waals surface area contributed by atoms with Crippen LogP contribution >= 0.6 is 0 Å². The molecule has 0 saturated carbocycles. The summed E-state index contributed by atoms with van der Waals surface area (Å²) >= 11 is 0. The Hall–Kier alpha value is -2.51. The number of aryl methyl sites for hydroxylation is 1. The van der Waals surface area contributed by atoms with E-state index in [9.17, 15) is 18.0 Å². The van der Waals surface area contributed by atoms with Gasteiger partial charge in [-0.2, -0.15) is 4.31 Å². The summed E-state index contributed by atoms with van der Waals surface area (Å²) in [5.41, 5.74) is 2.83. The third-order valence-electron chi connectivity index (χ3n) is 5.53. The molecule has 1 amide bonds. The van der Waals surface area contributed by atoms with Crippen LogP contribution in [-0.4, -0.2) is 50.0 Å². The zero-order valence-electron chi connectivity index (χ0n) is 17.0. The lowest BCUT2D eigenvalue weighted by molar-refractivity contribution is -0.132. The standard InChI is InChI=1S/C22H26N2O4S/c1-16(25)17-11-13-19(14-12-17)29(27,28)23(2)15-22(26)24(3)21-10-6-8-18-7-4-5-9-20(18)21/h4-5,7,9,11-14,21H,6,8,10,15H2,1-3H3/t21-/m0/s1. The Morgan fingerprint density at radius 2 is 1.69 bits per heavy atom. The van der Waals surface area contributed by atoms with Crippen LogP contribution in [0.4, 0.5) is 0 Å². The summed E-state index contributed by atoms with van der Waals surface area (Å²) in [6.07, 6.45) is 2.86. The minimum atomic E-state index is -3.83. The molecular weight excluding hydrogens is 388 g/mol. The summed E-state index contributed by atoms with van der Waals surface area (Å²) < 4.78 is 26.7. The SMILES string of the molecule is CC(=O)c1ccc(S(=O)(=O)N(C)CC(=O)N(C)[C@H]2CCCc3ccccc32)cc1. The second-order valence-corrected chi connectivity index (χ2v) is 9.50. The minimum absolute atomic E-state index is 0.0431. The van der Waals surface area contributed by atoms with E-state index in [1.54, 1.807) is 11.9 Å². The van der Waals surface area contributed by atoms with Crippen molar-refractivity contribution >= 4 is 21.7 Å². The van der Waals surface area contributed by atoms with Crippen molar-refractivity contribution in [1.29, 1.82) is 0 Å². The number of benzene rings is 2. The Labute approximate surface area is 172 Å². The highest BCUT2D eigenvalue weighted by Crippen LogP contribution is 2.33. The lowest BCUT2D eigenvalue weighted by atomic mass is 9.87. The highest BCUT2D eigenvalue weighted by atomic mass is 32.2. The Bertz CT molecular complexity index is 1020. The number of sulfonamides is 1. The summed E-state index contributed by atoms with van der Waals surface area (Å²) in [5, 5.41) is 0. The number of Topliss-reactive ketones (excluding diaryl/α,β-unsaturated/α-hetero) is 1. The van der Waals surface area contributed by atoms with Gasteiger partial charge < -0.3 is 4.90 Å². The van der Waals surface area contributed by atoms with Crippen LogP contribution in [0.25, 0.3) is 0 Å². The first-order valence-corrected chi connectivity index (χ1v) is 11.1. The van der Waals surface area contributed by atoms with Gasteiger partial charge in [0.2, 0.25) is 15.9 Å². The predicted molar refractivity (Wildman–Crippen MR) is 111 cm³/mol. The van der Waals surface area contributed by atoms with Crippen LogP contribution in [0.2, 0.25) is 0 Å². The van der Waals surface area contributed by atoms with E-state index >= 15 is 0 Å². The number of carbonyl (C=O) groups is 2. The van der Waals surface area contributed by atoms with Gasteiger partial charge in [-0.15, -0.1) is 0 Å². The second-order valence-electron chi connectivity index (χ2n) is 7.45. The number of rotatable bonds is 6. The quantitative estimate of drug-likeness (QED) is 0.681. The molecule has 3 rings (SSSR count). The van der Waals surface area contributed by atoms with Gasteiger partial charge in [-0.1, -0.05) is 36.4 Å². The molecule has 6 nitrogen and oxygen atoms in total. The van der Waals surface area contributed by atoms with Crippen molar-refractivity contribution in [3.8, 4) is 0 Å². The molecule has 2 aromatic rings. The minimum Gasteiger partial charge on any atom is -0.338 e. The Kier molecular flexibility index (Phi) is 6.19. The number of likely N-dealkylation sites (N-methyl/N-ethyl adjacent to an activating group) is 2. The van der Waals surface area contributed by atoms with Gasteiger partial charge in [0, 0.05) is 19.7 Å². The number of hydrogen-bond donors (Lipinski definition) is 0. The Balaban J connectivity index is 1.73. The Morgan fingerprint density at radius 1 is 1.03 bits per heavy atom. The van der Waals surface area contributed by atoms with Crippen molar-refractivity contribution in [2.24, 2.45) is 0 Å². The van der Waals surface area contributed by atoms with Gasteiger partial charge in [-0.05, 0) is 49.4 Å². The zero-order chi connectivity index (χ0) is 21.2. The van der Waals surface area contributed by atoms with Gasteiger partial charge in [-0.25, -0.2) is 8.42 Å². The highest BCUT2D eigenvalue weighted by molar-refractivity contribution is 7.89. The molecule has 0 aliphatic heterocycles. The number of amides is 1. The van der Waals surface area contributed by atoms with Crippen LogP contribution in [-0.2, 0) is 21.2 Å². The zero-order valence-corrected chi connectivity index (χ0v) is 17.8. The smallest absolute Gasteiger partial charge is 0.243 e. The number of hydrogen-bond acceptors (Lipinski definition) is 4. The van der Waals surface area contributed by atoms with Gasteiger partial charge in [0.25, 0.3) is 0 Å². The summed E-state index contributed by atoms with van der Waals surface area (Å²) in [6.45, 7) is 1.18. The van der Waals surface area contributed by atoms with E-state index in [2.05, 4.69) is 6.07 Å². The first-order chi connectivity index (χ1) is 13.7. The first kappa shape index (κ1) is 21.2. The maximum Gasteiger partial charge on any atom is 0.243 e. The molecule has 154 valence electrons. The van der Waals surface area contributed by atoms with Crippen LogP contribution in [0.5, 0.6) is 0 Å². The molecule has 1 aliphatic rings. The van der Waals surface area contributed by atoms with Crippen LogP contribution < -0.4 is 0 Å². The maximum absolute atomic E-state index is 12.9. The summed E-state index contributed by atoms with van der Waals surface area (Å²) in [5.74, 6) is -0.384. The average molecular weight is 415 g/mol. The number of carbonyl (C=O) groups excluding carboxylic acids is 2. The first-order valence-electron chi connectivity index (χ1n) is 9.62. The Morgan fingerprint density at radius 3 is 2.34 bits per heavy atom. The van der Waals surface area contributed by atoms with Crippen molar-refractivity contribution in [2.45, 2.75) is 37.1 Å². The topological polar surface area (TPSA) is 74.8 Å². The van der Waals surface area contributed by atoms with E-state index in [-0.39, 0.29) is 29.2 Å². The molecule has 0 aromatic heterocycles. The molecule has 0 spiro atoms. The van der Waals surface area contributed by atoms with Crippen LogP contribution in [0.1, 0.15) is 47.3 Å². The van der Waals surface area contributed by atoms with Crippen molar-refractivity contribution in [1.82, 2.24) is 9.21 Å². The van der Waals surface area contributed by atoms with Crippen LogP contribution in [0.3, 0.4) is 0 Å². The monoisotopic (exact) mass is 414 g/mol. The van der Waals surface area contributed by atoms with E-state index in [1.165, 1.54) is 43.8 Å². The van der Waals surface area contributed by atoms with Crippen molar-refractivity contribution in [2.75, 3.05) is 20.6 Å². The molecule has 0 unspecified atom stereocenters. The van der Waals surface area contributed by atoms with E-state index in [0.717, 1.165) is 29.1 Å². The maximum atomic E-state index is 12.9. The number of ketones is 1. The van der Waals surface area contributed by atoms with Crippen molar-refractivity contribution in [3.63, 3.8) is 0 Å². The number of nitrogens with zero attached hydrogens (tertiary/aromatic N) is 2. The highest BCUT2D eigenvalue weighted by Gasteiger charge is 2.29. The fourth-order valence-electron chi connectivity index (χ4n) is 3.73. The van der Waals surface area contributed by atoms with E-state index in [1.807, 2.05) is 18.2 Å².